The van der Waals surface area contributed by atoms with Crippen molar-refractivity contribution in [3.8, 4) is 0 Å². The predicted molar refractivity (Wildman–Crippen MR) is 99.6 cm³/mol. The highest BCUT2D eigenvalue weighted by Crippen LogP contribution is 2.33. The Morgan fingerprint density at radius 3 is 2.54 bits per heavy atom. The van der Waals surface area contributed by atoms with E-state index >= 15 is 0 Å². The largest absolute Gasteiger partial charge is 0.451 e. The molecule has 3 rings (SSSR count). The lowest BCUT2D eigenvalue weighted by Gasteiger charge is -2.14. The second kappa shape index (κ2) is 7.75. The van der Waals surface area contributed by atoms with E-state index < -0.39 is 29.0 Å². The summed E-state index contributed by atoms with van der Waals surface area (Å²) in [5.41, 5.74) is 0.845. The maximum atomic E-state index is 13.6. The van der Waals surface area contributed by atoms with Crippen LogP contribution in [0.2, 0.25) is 0 Å². The molecule has 1 heterocycles. The van der Waals surface area contributed by atoms with E-state index in [1.165, 1.54) is 25.1 Å². The Morgan fingerprint density at radius 1 is 1.14 bits per heavy atom. The number of anilines is 1. The van der Waals surface area contributed by atoms with Crippen LogP contribution in [0.15, 0.2) is 47.5 Å². The average molecular weight is 409 g/mol. The topological polar surface area (TPSA) is 54.9 Å². The van der Waals surface area contributed by atoms with Gasteiger partial charge in [0.2, 0.25) is 11.7 Å². The molecule has 9 heteroatoms. The molecule has 2 aromatic carbocycles. The van der Waals surface area contributed by atoms with Crippen molar-refractivity contribution in [1.82, 2.24) is 9.97 Å². The maximum absolute atomic E-state index is 13.6. The zero-order valence-corrected chi connectivity index (χ0v) is 15.7. The molecule has 0 unspecified atom stereocenters. The normalized spacial score (nSPS) is 12.8. The Kier molecular flexibility index (Phi) is 5.55. The third-order valence-electron chi connectivity index (χ3n) is 3.92. The van der Waals surface area contributed by atoms with Crippen molar-refractivity contribution in [1.29, 1.82) is 0 Å². The van der Waals surface area contributed by atoms with Gasteiger partial charge in [-0.25, -0.2) is 14.4 Å². The molecule has 1 N–H and O–H groups in total. The van der Waals surface area contributed by atoms with E-state index in [4.69, 9.17) is 0 Å². The van der Waals surface area contributed by atoms with Crippen molar-refractivity contribution >= 4 is 34.3 Å². The number of para-hydroxylation sites is 1. The number of benzene rings is 2. The Balaban J connectivity index is 1.86. The van der Waals surface area contributed by atoms with Gasteiger partial charge in [-0.15, -0.1) is 0 Å². The number of nitrogens with one attached hydrogen (secondary N) is 1. The monoisotopic (exact) mass is 409 g/mol. The summed E-state index contributed by atoms with van der Waals surface area (Å²) in [6.07, 6.45) is -4.70. The standard InChI is InChI=1S/C19H15F4N3OS/c1-10-7-8-12(9-14(10)20)24-16(27)11(2)28-17-13-5-3-4-6-15(13)25-18(26-17)19(21,22)23/h3-9,11H,1-2H3,(H,24,27)/t11-/m1/s1. The van der Waals surface area contributed by atoms with E-state index in [9.17, 15) is 22.4 Å². The van der Waals surface area contributed by atoms with Gasteiger partial charge in [0.15, 0.2) is 0 Å². The van der Waals surface area contributed by atoms with Gasteiger partial charge in [-0.05, 0) is 37.6 Å². The molecule has 1 atom stereocenters. The highest BCUT2D eigenvalue weighted by Gasteiger charge is 2.36. The van der Waals surface area contributed by atoms with Gasteiger partial charge in [0.05, 0.1) is 10.8 Å². The number of carbonyl (C=O) groups excluding carboxylic acids is 1. The third-order valence-corrected chi connectivity index (χ3v) is 5.02. The second-order valence-electron chi connectivity index (χ2n) is 6.08. The minimum absolute atomic E-state index is 0.0515. The fraction of sp³-hybridized carbons (Fsp3) is 0.211. The number of fused-ring (bicyclic) bond motifs is 1. The molecular formula is C19H15F4N3OS. The van der Waals surface area contributed by atoms with E-state index in [0.29, 0.717) is 10.9 Å². The predicted octanol–water partition coefficient (Wildman–Crippen LogP) is 5.22. The number of rotatable bonds is 4. The first kappa shape index (κ1) is 20.1. The molecule has 1 aromatic heterocycles. The van der Waals surface area contributed by atoms with Crippen molar-refractivity contribution in [2.45, 2.75) is 30.3 Å². The van der Waals surface area contributed by atoms with E-state index in [0.717, 1.165) is 11.8 Å². The molecule has 0 spiro atoms. The maximum Gasteiger partial charge on any atom is 0.451 e. The number of hydrogen-bond donors (Lipinski definition) is 1. The molecule has 4 nitrogen and oxygen atoms in total. The van der Waals surface area contributed by atoms with Crippen LogP contribution in [0, 0.1) is 12.7 Å². The molecule has 0 aliphatic rings. The van der Waals surface area contributed by atoms with Crippen molar-refractivity contribution in [3.63, 3.8) is 0 Å². The van der Waals surface area contributed by atoms with Gasteiger partial charge in [-0.2, -0.15) is 13.2 Å². The smallest absolute Gasteiger partial charge is 0.325 e. The highest BCUT2D eigenvalue weighted by atomic mass is 32.2. The summed E-state index contributed by atoms with van der Waals surface area (Å²) in [4.78, 5) is 19.6. The number of thioether (sulfide) groups is 1. The number of hydrogen-bond acceptors (Lipinski definition) is 4. The van der Waals surface area contributed by atoms with Gasteiger partial charge >= 0.3 is 6.18 Å². The minimum atomic E-state index is -4.70. The SMILES string of the molecule is Cc1ccc(NC(=O)[C@@H](C)Sc2nc(C(F)(F)F)nc3ccccc23)cc1F. The fourth-order valence-corrected chi connectivity index (χ4v) is 3.34. The van der Waals surface area contributed by atoms with Crippen molar-refractivity contribution in [2.24, 2.45) is 0 Å². The zero-order chi connectivity index (χ0) is 20.5. The van der Waals surface area contributed by atoms with Gasteiger partial charge < -0.3 is 5.32 Å². The number of carbonyl (C=O) groups is 1. The molecule has 28 heavy (non-hydrogen) atoms. The van der Waals surface area contributed by atoms with Gasteiger partial charge in [0.1, 0.15) is 10.8 Å². The Hall–Kier alpha value is -2.68. The van der Waals surface area contributed by atoms with Crippen LogP contribution in [0.1, 0.15) is 18.3 Å². The van der Waals surface area contributed by atoms with E-state index in [1.54, 1.807) is 31.2 Å². The van der Waals surface area contributed by atoms with E-state index in [-0.39, 0.29) is 16.2 Å². The molecule has 0 fully saturated rings. The molecule has 0 bridgehead atoms. The van der Waals surface area contributed by atoms with Crippen LogP contribution in [0.3, 0.4) is 0 Å². The minimum Gasteiger partial charge on any atom is -0.325 e. The second-order valence-corrected chi connectivity index (χ2v) is 7.41. The van der Waals surface area contributed by atoms with E-state index in [2.05, 4.69) is 15.3 Å². The molecule has 0 saturated carbocycles. The van der Waals surface area contributed by atoms with Crippen molar-refractivity contribution in [2.75, 3.05) is 5.32 Å². The molecule has 0 saturated heterocycles. The Bertz CT molecular complexity index is 1040. The molecule has 0 radical (unpaired) electrons. The lowest BCUT2D eigenvalue weighted by atomic mass is 10.2. The van der Waals surface area contributed by atoms with Crippen LogP contribution in [0.5, 0.6) is 0 Å². The molecule has 1 amide bonds. The summed E-state index contributed by atoms with van der Waals surface area (Å²) in [5, 5.41) is 2.25. The number of amides is 1. The van der Waals surface area contributed by atoms with E-state index in [1.807, 2.05) is 0 Å². The molecular weight excluding hydrogens is 394 g/mol. The summed E-state index contributed by atoms with van der Waals surface area (Å²) in [5.74, 6) is -2.21. The third kappa shape index (κ3) is 4.41. The fourth-order valence-electron chi connectivity index (χ4n) is 2.40. The Labute approximate surface area is 162 Å². The number of alkyl halides is 3. The van der Waals surface area contributed by atoms with Crippen LogP contribution in [-0.4, -0.2) is 21.1 Å². The van der Waals surface area contributed by atoms with Crippen LogP contribution in [0.25, 0.3) is 10.9 Å². The first-order chi connectivity index (χ1) is 13.1. The first-order valence-corrected chi connectivity index (χ1v) is 9.11. The lowest BCUT2D eigenvalue weighted by Crippen LogP contribution is -2.23. The molecule has 0 aliphatic carbocycles. The van der Waals surface area contributed by atoms with Crippen LogP contribution >= 0.6 is 11.8 Å². The van der Waals surface area contributed by atoms with Gasteiger partial charge in [-0.3, -0.25) is 4.79 Å². The number of nitrogens with zero attached hydrogens (tertiary/aromatic N) is 2. The average Bonchev–Trinajstić information content (AvgIpc) is 2.63. The summed E-state index contributed by atoms with van der Waals surface area (Å²) < 4.78 is 52.9. The lowest BCUT2D eigenvalue weighted by molar-refractivity contribution is -0.145. The zero-order valence-electron chi connectivity index (χ0n) is 14.8. The molecule has 146 valence electrons. The summed E-state index contributed by atoms with van der Waals surface area (Å²) in [6, 6.07) is 10.5. The van der Waals surface area contributed by atoms with Gasteiger partial charge in [0.25, 0.3) is 0 Å². The van der Waals surface area contributed by atoms with Crippen LogP contribution in [0.4, 0.5) is 23.2 Å². The summed E-state index contributed by atoms with van der Waals surface area (Å²) in [7, 11) is 0. The number of halogens is 4. The number of aryl methyl sites for hydroxylation is 1. The Morgan fingerprint density at radius 2 is 1.86 bits per heavy atom. The van der Waals surface area contributed by atoms with Crippen LogP contribution < -0.4 is 5.32 Å². The quantitative estimate of drug-likeness (QED) is 0.365. The first-order valence-electron chi connectivity index (χ1n) is 8.23. The molecule has 3 aromatic rings. The summed E-state index contributed by atoms with van der Waals surface area (Å²) in [6.45, 7) is 3.13. The van der Waals surface area contributed by atoms with Gasteiger partial charge in [0, 0.05) is 11.1 Å². The van der Waals surface area contributed by atoms with Gasteiger partial charge in [-0.1, -0.05) is 36.0 Å². The molecule has 0 aliphatic heterocycles. The summed E-state index contributed by atoms with van der Waals surface area (Å²) >= 11 is 0.881. The van der Waals surface area contributed by atoms with Crippen molar-refractivity contribution in [3.05, 3.63) is 59.7 Å². The highest BCUT2D eigenvalue weighted by molar-refractivity contribution is 8.00. The van der Waals surface area contributed by atoms with Crippen LogP contribution in [-0.2, 0) is 11.0 Å². The van der Waals surface area contributed by atoms with Crippen molar-refractivity contribution < 1.29 is 22.4 Å². The number of aromatic nitrogens is 2.